The SMILES string of the molecule is N#Cc1c(N)sc(=Nc2ccccc2)c(C(=O)c2ccccc2)c1-c1ccc(Cl)cc1. The number of carbonyl (C=O) groups is 1. The Kier molecular flexibility index (Phi) is 5.94. The lowest BCUT2D eigenvalue weighted by Crippen LogP contribution is -2.18. The molecule has 1 heterocycles. The first-order valence-corrected chi connectivity index (χ1v) is 10.6. The molecule has 31 heavy (non-hydrogen) atoms. The number of benzene rings is 3. The van der Waals surface area contributed by atoms with Crippen molar-refractivity contribution in [3.8, 4) is 17.2 Å². The van der Waals surface area contributed by atoms with E-state index < -0.39 is 0 Å². The number of para-hydroxylation sites is 1. The van der Waals surface area contributed by atoms with Gasteiger partial charge in [-0.15, -0.1) is 0 Å². The molecular weight excluding hydrogens is 426 g/mol. The summed E-state index contributed by atoms with van der Waals surface area (Å²) >= 11 is 7.19. The highest BCUT2D eigenvalue weighted by molar-refractivity contribution is 7.13. The van der Waals surface area contributed by atoms with Gasteiger partial charge >= 0.3 is 0 Å². The summed E-state index contributed by atoms with van der Waals surface area (Å²) in [6.07, 6.45) is 0. The second-order valence-corrected chi connectivity index (χ2v) is 8.12. The van der Waals surface area contributed by atoms with E-state index in [0.29, 0.717) is 42.6 Å². The van der Waals surface area contributed by atoms with E-state index in [2.05, 4.69) is 6.07 Å². The van der Waals surface area contributed by atoms with E-state index in [1.54, 1.807) is 48.5 Å². The van der Waals surface area contributed by atoms with Crippen molar-refractivity contribution in [1.29, 1.82) is 5.26 Å². The van der Waals surface area contributed by atoms with Gasteiger partial charge in [-0.25, -0.2) is 4.99 Å². The van der Waals surface area contributed by atoms with Gasteiger partial charge in [-0.2, -0.15) is 5.26 Å². The molecule has 0 bridgehead atoms. The monoisotopic (exact) mass is 441 g/mol. The molecule has 0 aliphatic carbocycles. The first kappa shape index (κ1) is 20.5. The smallest absolute Gasteiger partial charge is 0.196 e. The minimum atomic E-state index is -0.229. The third kappa shape index (κ3) is 4.26. The van der Waals surface area contributed by atoms with Crippen LogP contribution in [0.5, 0.6) is 0 Å². The van der Waals surface area contributed by atoms with Crippen molar-refractivity contribution in [3.63, 3.8) is 0 Å². The van der Waals surface area contributed by atoms with Gasteiger partial charge in [-0.3, -0.25) is 4.79 Å². The fraction of sp³-hybridized carbons (Fsp3) is 0. The third-order valence-electron chi connectivity index (χ3n) is 4.66. The van der Waals surface area contributed by atoms with E-state index >= 15 is 0 Å². The number of nitrogen functional groups attached to an aromatic ring is 1. The lowest BCUT2D eigenvalue weighted by atomic mass is 9.93. The van der Waals surface area contributed by atoms with Crippen molar-refractivity contribution in [3.05, 3.63) is 111 Å². The quantitative estimate of drug-likeness (QED) is 0.395. The van der Waals surface area contributed by atoms with Gasteiger partial charge in [0.1, 0.15) is 15.7 Å². The van der Waals surface area contributed by atoms with E-state index in [1.165, 1.54) is 0 Å². The Hall–Kier alpha value is -3.72. The largest absolute Gasteiger partial charge is 0.389 e. The summed E-state index contributed by atoms with van der Waals surface area (Å²) in [5.41, 5.74) is 9.17. The summed E-state index contributed by atoms with van der Waals surface area (Å²) in [6.45, 7) is 0. The molecule has 6 heteroatoms. The number of hydrogen-bond donors (Lipinski definition) is 1. The van der Waals surface area contributed by atoms with Gasteiger partial charge in [0, 0.05) is 16.1 Å². The summed E-state index contributed by atoms with van der Waals surface area (Å²) in [4.78, 5) is 18.4. The number of nitriles is 1. The van der Waals surface area contributed by atoms with Crippen LogP contribution in [0.2, 0.25) is 5.02 Å². The molecule has 150 valence electrons. The molecule has 0 aliphatic rings. The van der Waals surface area contributed by atoms with E-state index in [4.69, 9.17) is 22.3 Å². The predicted octanol–water partition coefficient (Wildman–Crippen LogP) is 5.99. The van der Waals surface area contributed by atoms with Gasteiger partial charge in [0.25, 0.3) is 0 Å². The van der Waals surface area contributed by atoms with E-state index in [1.807, 2.05) is 36.4 Å². The topological polar surface area (TPSA) is 79.2 Å². The van der Waals surface area contributed by atoms with Crippen LogP contribution in [0.1, 0.15) is 21.5 Å². The van der Waals surface area contributed by atoms with Crippen molar-refractivity contribution < 1.29 is 4.79 Å². The first-order chi connectivity index (χ1) is 15.1. The van der Waals surface area contributed by atoms with Crippen molar-refractivity contribution in [2.24, 2.45) is 4.99 Å². The van der Waals surface area contributed by atoms with Crippen LogP contribution >= 0.6 is 22.9 Å². The van der Waals surface area contributed by atoms with E-state index in [0.717, 1.165) is 11.3 Å². The summed E-state index contributed by atoms with van der Waals surface area (Å²) in [5.74, 6) is -0.229. The molecule has 0 fully saturated rings. The molecular formula is C25H16ClN3OS. The zero-order chi connectivity index (χ0) is 21.8. The average Bonchev–Trinajstić information content (AvgIpc) is 2.80. The Morgan fingerprint density at radius 2 is 1.55 bits per heavy atom. The molecule has 0 amide bonds. The highest BCUT2D eigenvalue weighted by Gasteiger charge is 2.23. The highest BCUT2D eigenvalue weighted by atomic mass is 35.5. The second-order valence-electron chi connectivity index (χ2n) is 6.66. The molecule has 0 atom stereocenters. The van der Waals surface area contributed by atoms with Crippen LogP contribution in [-0.2, 0) is 0 Å². The number of halogens is 1. The molecule has 4 aromatic rings. The third-order valence-corrected chi connectivity index (χ3v) is 5.83. The minimum Gasteiger partial charge on any atom is -0.389 e. The molecule has 4 rings (SSSR count). The highest BCUT2D eigenvalue weighted by Crippen LogP contribution is 2.33. The Morgan fingerprint density at radius 1 is 0.935 bits per heavy atom. The molecule has 0 radical (unpaired) electrons. The fourth-order valence-electron chi connectivity index (χ4n) is 3.22. The Bertz CT molecular complexity index is 1360. The number of rotatable bonds is 4. The molecule has 0 saturated carbocycles. The van der Waals surface area contributed by atoms with Crippen LogP contribution in [0.3, 0.4) is 0 Å². The molecule has 0 saturated heterocycles. The predicted molar refractivity (Wildman–Crippen MR) is 125 cm³/mol. The lowest BCUT2D eigenvalue weighted by Gasteiger charge is -2.13. The first-order valence-electron chi connectivity index (χ1n) is 9.40. The number of nitrogens with two attached hydrogens (primary N) is 1. The maximum atomic E-state index is 13.7. The zero-order valence-electron chi connectivity index (χ0n) is 16.2. The van der Waals surface area contributed by atoms with Gasteiger partial charge in [-0.05, 0) is 29.8 Å². The van der Waals surface area contributed by atoms with Gasteiger partial charge in [-0.1, -0.05) is 83.6 Å². The Balaban J connectivity index is 2.11. The molecule has 2 N–H and O–H groups in total. The van der Waals surface area contributed by atoms with Crippen molar-refractivity contribution in [1.82, 2.24) is 0 Å². The van der Waals surface area contributed by atoms with Crippen molar-refractivity contribution in [2.75, 3.05) is 5.73 Å². The fourth-order valence-corrected chi connectivity index (χ4v) is 4.25. The molecule has 4 nitrogen and oxygen atoms in total. The number of carbonyl (C=O) groups excluding carboxylic acids is 1. The van der Waals surface area contributed by atoms with Crippen LogP contribution in [-0.4, -0.2) is 5.78 Å². The maximum absolute atomic E-state index is 13.7. The molecule has 0 aliphatic heterocycles. The van der Waals surface area contributed by atoms with Crippen molar-refractivity contribution in [2.45, 2.75) is 0 Å². The summed E-state index contributed by atoms with van der Waals surface area (Å²) in [5, 5.41) is 10.7. The van der Waals surface area contributed by atoms with Gasteiger partial charge in [0.05, 0.1) is 16.8 Å². The lowest BCUT2D eigenvalue weighted by molar-refractivity contribution is 0.103. The standard InChI is InChI=1S/C25H16ClN3OS/c26-18-13-11-16(12-14-18)21-20(15-27)24(28)31-25(29-19-9-5-2-6-10-19)22(21)23(30)17-7-3-1-4-8-17/h1-14H,28H2. The van der Waals surface area contributed by atoms with Crippen molar-refractivity contribution >= 4 is 39.4 Å². The molecule has 3 aromatic carbocycles. The van der Waals surface area contributed by atoms with Gasteiger partial charge < -0.3 is 5.73 Å². The second kappa shape index (κ2) is 8.97. The average molecular weight is 442 g/mol. The van der Waals surface area contributed by atoms with E-state index in [-0.39, 0.29) is 11.3 Å². The number of hydrogen-bond acceptors (Lipinski definition) is 5. The normalized spacial score (nSPS) is 11.2. The van der Waals surface area contributed by atoms with Gasteiger partial charge in [0.2, 0.25) is 0 Å². The molecule has 0 spiro atoms. The van der Waals surface area contributed by atoms with Crippen LogP contribution < -0.4 is 10.4 Å². The van der Waals surface area contributed by atoms with E-state index in [9.17, 15) is 10.1 Å². The number of nitrogens with zero attached hydrogens (tertiary/aromatic N) is 2. The summed E-state index contributed by atoms with van der Waals surface area (Å²) < 4.78 is 0.446. The minimum absolute atomic E-state index is 0.229. The van der Waals surface area contributed by atoms with Crippen LogP contribution in [0, 0.1) is 11.3 Å². The van der Waals surface area contributed by atoms with Crippen LogP contribution in [0.4, 0.5) is 10.7 Å². The Labute approximate surface area is 188 Å². The molecule has 1 aromatic heterocycles. The summed E-state index contributed by atoms with van der Waals surface area (Å²) in [6, 6.07) is 27.4. The number of ketones is 1. The van der Waals surface area contributed by atoms with Crippen LogP contribution in [0.25, 0.3) is 11.1 Å². The molecule has 0 unspecified atom stereocenters. The summed E-state index contributed by atoms with van der Waals surface area (Å²) in [7, 11) is 0. The van der Waals surface area contributed by atoms with Gasteiger partial charge in [0.15, 0.2) is 5.78 Å². The van der Waals surface area contributed by atoms with Crippen LogP contribution in [0.15, 0.2) is 89.9 Å². The Morgan fingerprint density at radius 3 is 2.16 bits per heavy atom. The zero-order valence-corrected chi connectivity index (χ0v) is 17.8. The number of anilines is 1. The maximum Gasteiger partial charge on any atom is 0.196 e.